The van der Waals surface area contributed by atoms with Crippen molar-refractivity contribution >= 4 is 23.5 Å². The third-order valence-electron chi connectivity index (χ3n) is 4.14. The number of nitrogens with two attached hydrogens (primary N) is 1. The van der Waals surface area contributed by atoms with Gasteiger partial charge in [-0.05, 0) is 42.2 Å². The summed E-state index contributed by atoms with van der Waals surface area (Å²) < 4.78 is 19.5. The van der Waals surface area contributed by atoms with E-state index in [4.69, 9.17) is 10.5 Å². The standard InChI is InChI=1S/C15H19FN2O3S/c16-13-6-10(18-8-11(7-17)21-15(18)20)1-2-12(13)9-3-4-22-14(19)5-9/h1-2,6,9,11,14,19H,3-5,7-8,17H2/t9-,11?,14-/m0/s1. The van der Waals surface area contributed by atoms with Crippen LogP contribution in [-0.4, -0.2) is 41.6 Å². The van der Waals surface area contributed by atoms with Crippen LogP contribution in [0, 0.1) is 5.82 Å². The molecule has 0 saturated carbocycles. The highest BCUT2D eigenvalue weighted by molar-refractivity contribution is 7.99. The number of hydrogen-bond acceptors (Lipinski definition) is 5. The van der Waals surface area contributed by atoms with E-state index in [2.05, 4.69) is 0 Å². The molecule has 3 N–H and O–H groups in total. The summed E-state index contributed by atoms with van der Waals surface area (Å²) in [6.07, 6.45) is 0.564. The normalized spacial score (nSPS) is 28.8. The van der Waals surface area contributed by atoms with Gasteiger partial charge in [0.05, 0.1) is 17.7 Å². The number of halogens is 1. The molecule has 120 valence electrons. The Kier molecular flexibility index (Phi) is 4.56. The predicted octanol–water partition coefficient (Wildman–Crippen LogP) is 2.04. The molecule has 0 bridgehead atoms. The predicted molar refractivity (Wildman–Crippen MR) is 83.5 cm³/mol. The van der Waals surface area contributed by atoms with Gasteiger partial charge in [0.1, 0.15) is 11.9 Å². The number of anilines is 1. The fourth-order valence-corrected chi connectivity index (χ4v) is 3.99. The van der Waals surface area contributed by atoms with Gasteiger partial charge in [0, 0.05) is 6.54 Å². The Labute approximate surface area is 132 Å². The number of aliphatic hydroxyl groups is 1. The van der Waals surface area contributed by atoms with Crippen LogP contribution in [0.1, 0.15) is 24.3 Å². The van der Waals surface area contributed by atoms with Crippen molar-refractivity contribution in [1.82, 2.24) is 0 Å². The molecule has 2 aliphatic heterocycles. The van der Waals surface area contributed by atoms with Gasteiger partial charge in [-0.25, -0.2) is 9.18 Å². The van der Waals surface area contributed by atoms with Gasteiger partial charge in [-0.3, -0.25) is 4.90 Å². The fourth-order valence-electron chi connectivity index (χ4n) is 2.93. The summed E-state index contributed by atoms with van der Waals surface area (Å²) in [6, 6.07) is 4.80. The fraction of sp³-hybridized carbons (Fsp3) is 0.533. The summed E-state index contributed by atoms with van der Waals surface area (Å²) in [4.78, 5) is 13.2. The molecule has 2 heterocycles. The van der Waals surface area contributed by atoms with Gasteiger partial charge in [0.2, 0.25) is 0 Å². The van der Waals surface area contributed by atoms with Crippen molar-refractivity contribution in [1.29, 1.82) is 0 Å². The van der Waals surface area contributed by atoms with Crippen LogP contribution in [-0.2, 0) is 4.74 Å². The third-order valence-corrected chi connectivity index (χ3v) is 5.18. The molecule has 1 aromatic rings. The van der Waals surface area contributed by atoms with Crippen LogP contribution in [0.15, 0.2) is 18.2 Å². The highest BCUT2D eigenvalue weighted by atomic mass is 32.2. The molecule has 2 saturated heterocycles. The van der Waals surface area contributed by atoms with Crippen LogP contribution >= 0.6 is 11.8 Å². The largest absolute Gasteiger partial charge is 0.443 e. The van der Waals surface area contributed by atoms with Crippen LogP contribution < -0.4 is 10.6 Å². The highest BCUT2D eigenvalue weighted by Gasteiger charge is 2.32. The second-order valence-electron chi connectivity index (χ2n) is 5.60. The van der Waals surface area contributed by atoms with E-state index in [1.54, 1.807) is 12.1 Å². The lowest BCUT2D eigenvalue weighted by molar-refractivity contribution is 0.145. The van der Waals surface area contributed by atoms with E-state index in [1.807, 2.05) is 0 Å². The maximum atomic E-state index is 14.4. The summed E-state index contributed by atoms with van der Waals surface area (Å²) in [5, 5.41) is 9.71. The number of aliphatic hydroxyl groups excluding tert-OH is 1. The van der Waals surface area contributed by atoms with Gasteiger partial charge >= 0.3 is 6.09 Å². The molecular weight excluding hydrogens is 307 g/mol. The molecule has 0 radical (unpaired) electrons. The van der Waals surface area contributed by atoms with Gasteiger partial charge in [0.15, 0.2) is 0 Å². The molecule has 7 heteroatoms. The summed E-state index contributed by atoms with van der Waals surface area (Å²) in [6.45, 7) is 0.591. The van der Waals surface area contributed by atoms with E-state index in [1.165, 1.54) is 22.7 Å². The Morgan fingerprint density at radius 1 is 1.50 bits per heavy atom. The first-order valence-electron chi connectivity index (χ1n) is 7.36. The number of rotatable bonds is 3. The average molecular weight is 326 g/mol. The topological polar surface area (TPSA) is 75.8 Å². The minimum Gasteiger partial charge on any atom is -0.443 e. The van der Waals surface area contributed by atoms with Crippen molar-refractivity contribution in [3.63, 3.8) is 0 Å². The number of ether oxygens (including phenoxy) is 1. The SMILES string of the molecule is NCC1CN(c2ccc([C@H]3CCS[C@H](O)C3)c(F)c2)C(=O)O1. The zero-order valence-electron chi connectivity index (χ0n) is 12.1. The lowest BCUT2D eigenvalue weighted by Gasteiger charge is -2.26. The van der Waals surface area contributed by atoms with E-state index >= 15 is 0 Å². The van der Waals surface area contributed by atoms with Crippen LogP contribution in [0.5, 0.6) is 0 Å². The van der Waals surface area contributed by atoms with Gasteiger partial charge in [-0.15, -0.1) is 11.8 Å². The van der Waals surface area contributed by atoms with Crippen LogP contribution in [0.25, 0.3) is 0 Å². The number of nitrogens with zero attached hydrogens (tertiary/aromatic N) is 1. The molecule has 0 aromatic heterocycles. The molecule has 0 spiro atoms. The van der Waals surface area contributed by atoms with Crippen molar-refractivity contribution in [3.8, 4) is 0 Å². The second kappa shape index (κ2) is 6.44. The quantitative estimate of drug-likeness (QED) is 0.889. The zero-order chi connectivity index (χ0) is 15.7. The Morgan fingerprint density at radius 2 is 2.32 bits per heavy atom. The summed E-state index contributed by atoms with van der Waals surface area (Å²) in [5.41, 5.74) is 6.15. The van der Waals surface area contributed by atoms with Crippen molar-refractivity contribution in [2.24, 2.45) is 5.73 Å². The number of amides is 1. The molecule has 3 atom stereocenters. The average Bonchev–Trinajstić information content (AvgIpc) is 2.88. The monoisotopic (exact) mass is 326 g/mol. The lowest BCUT2D eigenvalue weighted by Crippen LogP contribution is -2.27. The molecule has 22 heavy (non-hydrogen) atoms. The van der Waals surface area contributed by atoms with Gasteiger partial charge < -0.3 is 15.6 Å². The lowest BCUT2D eigenvalue weighted by atomic mass is 9.92. The van der Waals surface area contributed by atoms with Crippen molar-refractivity contribution in [3.05, 3.63) is 29.6 Å². The van der Waals surface area contributed by atoms with Crippen LogP contribution in [0.3, 0.4) is 0 Å². The number of carbonyl (C=O) groups is 1. The maximum absolute atomic E-state index is 14.4. The molecule has 2 aliphatic rings. The maximum Gasteiger partial charge on any atom is 0.414 e. The van der Waals surface area contributed by atoms with E-state index < -0.39 is 11.5 Å². The molecule has 1 unspecified atom stereocenters. The van der Waals surface area contributed by atoms with Gasteiger partial charge in [-0.2, -0.15) is 0 Å². The first kappa shape index (κ1) is 15.6. The Balaban J connectivity index is 1.79. The van der Waals surface area contributed by atoms with Gasteiger partial charge in [-0.1, -0.05) is 6.07 Å². The summed E-state index contributed by atoms with van der Waals surface area (Å²) >= 11 is 1.50. The number of cyclic esters (lactones) is 1. The van der Waals surface area contributed by atoms with Crippen molar-refractivity contribution in [2.45, 2.75) is 30.3 Å². The molecule has 2 fully saturated rings. The summed E-state index contributed by atoms with van der Waals surface area (Å²) in [5.74, 6) is 0.502. The van der Waals surface area contributed by atoms with Gasteiger partial charge in [0.25, 0.3) is 0 Å². The minimum atomic E-state index is -0.493. The van der Waals surface area contributed by atoms with Crippen LogP contribution in [0.4, 0.5) is 14.9 Å². The smallest absolute Gasteiger partial charge is 0.414 e. The Morgan fingerprint density at radius 3 is 2.95 bits per heavy atom. The van der Waals surface area contributed by atoms with Crippen molar-refractivity contribution in [2.75, 3.05) is 23.7 Å². The molecule has 1 aromatic carbocycles. The third kappa shape index (κ3) is 3.06. The minimum absolute atomic E-state index is 0.0209. The van der Waals surface area contributed by atoms with E-state index in [0.717, 1.165) is 12.2 Å². The number of thioether (sulfide) groups is 1. The Hall–Kier alpha value is -1.31. The second-order valence-corrected chi connectivity index (χ2v) is 6.89. The number of hydrogen-bond donors (Lipinski definition) is 2. The zero-order valence-corrected chi connectivity index (χ0v) is 12.9. The first-order chi connectivity index (χ1) is 10.6. The van der Waals surface area contributed by atoms with E-state index in [0.29, 0.717) is 24.2 Å². The van der Waals surface area contributed by atoms with E-state index in [9.17, 15) is 14.3 Å². The Bertz CT molecular complexity index is 572. The number of carbonyl (C=O) groups excluding carboxylic acids is 1. The number of benzene rings is 1. The first-order valence-corrected chi connectivity index (χ1v) is 8.40. The van der Waals surface area contributed by atoms with E-state index in [-0.39, 0.29) is 24.4 Å². The van der Waals surface area contributed by atoms with Crippen LogP contribution in [0.2, 0.25) is 0 Å². The molecule has 1 amide bonds. The molecule has 5 nitrogen and oxygen atoms in total. The highest BCUT2D eigenvalue weighted by Crippen LogP contribution is 2.37. The molecular formula is C15H19FN2O3S. The van der Waals surface area contributed by atoms with Crippen molar-refractivity contribution < 1.29 is 19.0 Å². The molecule has 0 aliphatic carbocycles. The molecule has 3 rings (SSSR count). The summed E-state index contributed by atoms with van der Waals surface area (Å²) in [7, 11) is 0.